The third-order valence-electron chi connectivity index (χ3n) is 1.64. The Morgan fingerprint density at radius 2 is 2.21 bits per heavy atom. The van der Waals surface area contributed by atoms with E-state index < -0.39 is 0 Å². The highest BCUT2D eigenvalue weighted by atomic mass is 16.5. The highest BCUT2D eigenvalue weighted by Crippen LogP contribution is 1.82. The lowest BCUT2D eigenvalue weighted by Crippen LogP contribution is -2.42. The summed E-state index contributed by atoms with van der Waals surface area (Å²) in [6, 6.07) is -0.0612. The number of amides is 1. The van der Waals surface area contributed by atoms with Crippen LogP contribution in [0.2, 0.25) is 0 Å². The van der Waals surface area contributed by atoms with Gasteiger partial charge < -0.3 is 10.1 Å². The zero-order valence-corrected chi connectivity index (χ0v) is 8.96. The molecular formula is C10H18N2O2. The van der Waals surface area contributed by atoms with E-state index in [-0.39, 0.29) is 24.5 Å². The molecule has 2 N–H and O–H groups in total. The maximum Gasteiger partial charge on any atom is 0.234 e. The quantitative estimate of drug-likeness (QED) is 0.579. The van der Waals surface area contributed by atoms with Crippen molar-refractivity contribution in [3.8, 4) is 12.3 Å². The third-order valence-corrected chi connectivity index (χ3v) is 1.64. The molecule has 0 rings (SSSR count). The molecule has 0 radical (unpaired) electrons. The molecule has 0 spiro atoms. The summed E-state index contributed by atoms with van der Waals surface area (Å²) in [5.74, 6) is 2.41. The Hall–Kier alpha value is -1.05. The molecule has 0 aliphatic heterocycles. The SMILES string of the molecule is C#CC(C)NCC(=O)NC(C)COC. The largest absolute Gasteiger partial charge is 0.383 e. The molecule has 1 amide bonds. The molecule has 0 aliphatic carbocycles. The molecule has 0 aromatic carbocycles. The normalized spacial score (nSPS) is 14.1. The maximum atomic E-state index is 11.3. The highest BCUT2D eigenvalue weighted by Gasteiger charge is 2.07. The summed E-state index contributed by atoms with van der Waals surface area (Å²) in [5.41, 5.74) is 0. The van der Waals surface area contributed by atoms with Crippen LogP contribution < -0.4 is 10.6 Å². The van der Waals surface area contributed by atoms with Crippen LogP contribution in [0.25, 0.3) is 0 Å². The van der Waals surface area contributed by atoms with Gasteiger partial charge in [-0.3, -0.25) is 10.1 Å². The Kier molecular flexibility index (Phi) is 6.81. The lowest BCUT2D eigenvalue weighted by Gasteiger charge is -2.13. The van der Waals surface area contributed by atoms with Gasteiger partial charge in [-0.1, -0.05) is 5.92 Å². The van der Waals surface area contributed by atoms with E-state index in [0.717, 1.165) is 0 Å². The summed E-state index contributed by atoms with van der Waals surface area (Å²) < 4.78 is 4.88. The number of carbonyl (C=O) groups is 1. The summed E-state index contributed by atoms with van der Waals surface area (Å²) >= 11 is 0. The minimum atomic E-state index is -0.0847. The molecular weight excluding hydrogens is 180 g/mol. The van der Waals surface area contributed by atoms with Crippen LogP contribution in [0.15, 0.2) is 0 Å². The van der Waals surface area contributed by atoms with Gasteiger partial charge in [-0.25, -0.2) is 0 Å². The minimum Gasteiger partial charge on any atom is -0.383 e. The van der Waals surface area contributed by atoms with Crippen LogP contribution in [0.4, 0.5) is 0 Å². The Morgan fingerprint density at radius 3 is 2.71 bits per heavy atom. The second kappa shape index (κ2) is 7.36. The first kappa shape index (κ1) is 12.9. The van der Waals surface area contributed by atoms with E-state index in [1.54, 1.807) is 7.11 Å². The van der Waals surface area contributed by atoms with Gasteiger partial charge in [0.1, 0.15) is 0 Å². The molecule has 0 saturated heterocycles. The average molecular weight is 198 g/mol. The van der Waals surface area contributed by atoms with Crippen molar-refractivity contribution in [2.75, 3.05) is 20.3 Å². The molecule has 0 aromatic rings. The summed E-state index contributed by atoms with van der Waals surface area (Å²) in [7, 11) is 1.60. The van der Waals surface area contributed by atoms with Crippen LogP contribution in [0.1, 0.15) is 13.8 Å². The highest BCUT2D eigenvalue weighted by molar-refractivity contribution is 5.78. The Morgan fingerprint density at radius 1 is 1.57 bits per heavy atom. The van der Waals surface area contributed by atoms with Crippen LogP contribution >= 0.6 is 0 Å². The molecule has 4 nitrogen and oxygen atoms in total. The number of ether oxygens (including phenoxy) is 1. The van der Waals surface area contributed by atoms with Crippen LogP contribution in [0, 0.1) is 12.3 Å². The van der Waals surface area contributed by atoms with Gasteiger partial charge in [0.2, 0.25) is 5.91 Å². The number of nitrogens with one attached hydrogen (secondary N) is 2. The Labute approximate surface area is 85.4 Å². The standard InChI is InChI=1S/C10H18N2O2/c1-5-8(2)11-6-10(13)12-9(3)7-14-4/h1,8-9,11H,6-7H2,2-4H3,(H,12,13). The van der Waals surface area contributed by atoms with E-state index in [2.05, 4.69) is 16.6 Å². The van der Waals surface area contributed by atoms with E-state index in [9.17, 15) is 4.79 Å². The summed E-state index contributed by atoms with van der Waals surface area (Å²) in [6.07, 6.45) is 5.14. The summed E-state index contributed by atoms with van der Waals surface area (Å²) in [4.78, 5) is 11.3. The van der Waals surface area contributed by atoms with Gasteiger partial charge in [0.05, 0.1) is 19.2 Å². The second-order valence-corrected chi connectivity index (χ2v) is 3.19. The topological polar surface area (TPSA) is 50.4 Å². The zero-order chi connectivity index (χ0) is 11.0. The van der Waals surface area contributed by atoms with Crippen LogP contribution in [0.5, 0.6) is 0 Å². The molecule has 0 aromatic heterocycles. The van der Waals surface area contributed by atoms with Crippen molar-refractivity contribution < 1.29 is 9.53 Å². The number of terminal acetylenes is 1. The van der Waals surface area contributed by atoms with Crippen molar-refractivity contribution in [3.05, 3.63) is 0 Å². The van der Waals surface area contributed by atoms with E-state index in [4.69, 9.17) is 11.2 Å². The predicted molar refractivity (Wildman–Crippen MR) is 55.8 cm³/mol. The van der Waals surface area contributed by atoms with Crippen LogP contribution in [-0.4, -0.2) is 38.3 Å². The molecule has 14 heavy (non-hydrogen) atoms. The number of methoxy groups -OCH3 is 1. The molecule has 2 atom stereocenters. The van der Waals surface area contributed by atoms with E-state index in [1.807, 2.05) is 13.8 Å². The molecule has 0 aliphatic rings. The fourth-order valence-corrected chi connectivity index (χ4v) is 0.922. The lowest BCUT2D eigenvalue weighted by atomic mass is 10.3. The number of rotatable bonds is 6. The number of carbonyl (C=O) groups excluding carboxylic acids is 1. The third kappa shape index (κ3) is 6.46. The van der Waals surface area contributed by atoms with Crippen molar-refractivity contribution in [1.82, 2.24) is 10.6 Å². The zero-order valence-electron chi connectivity index (χ0n) is 8.96. The monoisotopic (exact) mass is 198 g/mol. The van der Waals surface area contributed by atoms with Crippen molar-refractivity contribution in [3.63, 3.8) is 0 Å². The average Bonchev–Trinajstić information content (AvgIpc) is 2.14. The van der Waals surface area contributed by atoms with E-state index >= 15 is 0 Å². The van der Waals surface area contributed by atoms with Gasteiger partial charge in [0.25, 0.3) is 0 Å². The van der Waals surface area contributed by atoms with E-state index in [0.29, 0.717) is 6.61 Å². The molecule has 0 saturated carbocycles. The fourth-order valence-electron chi connectivity index (χ4n) is 0.922. The first-order valence-electron chi connectivity index (χ1n) is 4.58. The van der Waals surface area contributed by atoms with Crippen molar-refractivity contribution in [2.24, 2.45) is 0 Å². The smallest absolute Gasteiger partial charge is 0.234 e. The Bertz CT molecular complexity index is 211. The molecule has 2 unspecified atom stereocenters. The summed E-state index contributed by atoms with van der Waals surface area (Å²) in [5, 5.41) is 5.66. The van der Waals surface area contributed by atoms with Crippen molar-refractivity contribution in [2.45, 2.75) is 25.9 Å². The maximum absolute atomic E-state index is 11.3. The Balaban J connectivity index is 3.61. The first-order chi connectivity index (χ1) is 6.60. The van der Waals surface area contributed by atoms with E-state index in [1.165, 1.54) is 0 Å². The molecule has 0 heterocycles. The number of hydrogen-bond acceptors (Lipinski definition) is 3. The van der Waals surface area contributed by atoms with Gasteiger partial charge in [-0.2, -0.15) is 0 Å². The van der Waals surface area contributed by atoms with Gasteiger partial charge in [-0.15, -0.1) is 6.42 Å². The van der Waals surface area contributed by atoms with Crippen LogP contribution in [-0.2, 0) is 9.53 Å². The second-order valence-electron chi connectivity index (χ2n) is 3.19. The van der Waals surface area contributed by atoms with Crippen molar-refractivity contribution >= 4 is 5.91 Å². The fraction of sp³-hybridized carbons (Fsp3) is 0.700. The summed E-state index contributed by atoms with van der Waals surface area (Å²) in [6.45, 7) is 4.45. The molecule has 0 fully saturated rings. The van der Waals surface area contributed by atoms with Crippen molar-refractivity contribution in [1.29, 1.82) is 0 Å². The lowest BCUT2D eigenvalue weighted by molar-refractivity contribution is -0.121. The number of hydrogen-bond donors (Lipinski definition) is 2. The van der Waals surface area contributed by atoms with Gasteiger partial charge >= 0.3 is 0 Å². The molecule has 4 heteroatoms. The van der Waals surface area contributed by atoms with Gasteiger partial charge in [0, 0.05) is 13.2 Å². The molecule has 0 bridgehead atoms. The van der Waals surface area contributed by atoms with Gasteiger partial charge in [0.15, 0.2) is 0 Å². The molecule has 80 valence electrons. The first-order valence-corrected chi connectivity index (χ1v) is 4.58. The minimum absolute atomic E-state index is 0.0236. The van der Waals surface area contributed by atoms with Crippen LogP contribution in [0.3, 0.4) is 0 Å². The predicted octanol–water partition coefficient (Wildman–Crippen LogP) is -0.251. The van der Waals surface area contributed by atoms with Gasteiger partial charge in [-0.05, 0) is 13.8 Å².